The molecular formula is C16H25N. The molecule has 0 bridgehead atoms. The van der Waals surface area contributed by atoms with E-state index >= 15 is 0 Å². The molecule has 2 N–H and O–H groups in total. The van der Waals surface area contributed by atoms with Crippen LogP contribution in [0.5, 0.6) is 0 Å². The van der Waals surface area contributed by atoms with Gasteiger partial charge in [0.1, 0.15) is 0 Å². The first-order chi connectivity index (χ1) is 8.22. The third-order valence-corrected chi connectivity index (χ3v) is 3.61. The van der Waals surface area contributed by atoms with Gasteiger partial charge in [0.15, 0.2) is 0 Å². The Labute approximate surface area is 106 Å². The number of nitrogens with two attached hydrogens (primary N) is 1. The number of benzene rings is 1. The van der Waals surface area contributed by atoms with Gasteiger partial charge in [0.25, 0.3) is 0 Å². The van der Waals surface area contributed by atoms with Crippen molar-refractivity contribution in [3.05, 3.63) is 42.0 Å². The highest BCUT2D eigenvalue weighted by Gasteiger charge is 2.28. The highest BCUT2D eigenvalue weighted by Crippen LogP contribution is 2.33. The van der Waals surface area contributed by atoms with E-state index in [4.69, 9.17) is 5.73 Å². The first-order valence-corrected chi connectivity index (χ1v) is 6.65. The molecular weight excluding hydrogens is 206 g/mol. The molecule has 17 heavy (non-hydrogen) atoms. The standard InChI is InChI=1S/C16H25N/c1-4-11-16(13-17,12-5-2)15-9-7-14(6-3)8-10-15/h6-10H,3-5,11-13,17H2,1-2H3. The van der Waals surface area contributed by atoms with E-state index in [9.17, 15) is 0 Å². The van der Waals surface area contributed by atoms with Gasteiger partial charge in [0.05, 0.1) is 0 Å². The van der Waals surface area contributed by atoms with Crippen LogP contribution < -0.4 is 5.73 Å². The third kappa shape index (κ3) is 3.19. The Hall–Kier alpha value is -1.08. The van der Waals surface area contributed by atoms with Gasteiger partial charge in [0, 0.05) is 12.0 Å². The highest BCUT2D eigenvalue weighted by molar-refractivity contribution is 5.48. The van der Waals surface area contributed by atoms with Gasteiger partial charge in [-0.05, 0) is 24.0 Å². The zero-order valence-corrected chi connectivity index (χ0v) is 11.2. The Bertz CT molecular complexity index is 331. The predicted octanol–water partition coefficient (Wildman–Crippen LogP) is 4.13. The molecule has 1 heteroatoms. The molecule has 0 fully saturated rings. The maximum Gasteiger partial charge on any atom is 0.00753 e. The summed E-state index contributed by atoms with van der Waals surface area (Å²) in [5, 5.41) is 0. The monoisotopic (exact) mass is 231 g/mol. The van der Waals surface area contributed by atoms with Crippen LogP contribution in [0.15, 0.2) is 30.8 Å². The topological polar surface area (TPSA) is 26.0 Å². The molecule has 0 aliphatic heterocycles. The van der Waals surface area contributed by atoms with E-state index in [0.29, 0.717) is 0 Å². The second-order valence-corrected chi connectivity index (χ2v) is 4.81. The predicted molar refractivity (Wildman–Crippen MR) is 77.1 cm³/mol. The first kappa shape index (κ1) is 14.0. The second-order valence-electron chi connectivity index (χ2n) is 4.81. The average Bonchev–Trinajstić information content (AvgIpc) is 2.38. The normalized spacial score (nSPS) is 11.5. The molecule has 1 rings (SSSR count). The van der Waals surface area contributed by atoms with Gasteiger partial charge in [-0.25, -0.2) is 0 Å². The zero-order chi connectivity index (χ0) is 12.7. The van der Waals surface area contributed by atoms with Crippen molar-refractivity contribution in [1.82, 2.24) is 0 Å². The lowest BCUT2D eigenvalue weighted by molar-refractivity contribution is 0.365. The minimum Gasteiger partial charge on any atom is -0.330 e. The molecule has 0 radical (unpaired) electrons. The van der Waals surface area contributed by atoms with Gasteiger partial charge in [-0.3, -0.25) is 0 Å². The van der Waals surface area contributed by atoms with Crippen LogP contribution >= 0.6 is 0 Å². The molecule has 0 saturated heterocycles. The summed E-state index contributed by atoms with van der Waals surface area (Å²) in [6.45, 7) is 9.00. The van der Waals surface area contributed by atoms with E-state index < -0.39 is 0 Å². The Kier molecular flexibility index (Phi) is 5.43. The van der Waals surface area contributed by atoms with Crippen molar-refractivity contribution in [3.8, 4) is 0 Å². The number of rotatable bonds is 7. The largest absolute Gasteiger partial charge is 0.330 e. The molecule has 1 nitrogen and oxygen atoms in total. The van der Waals surface area contributed by atoms with E-state index in [1.165, 1.54) is 36.8 Å². The van der Waals surface area contributed by atoms with Crippen LogP contribution in [0.4, 0.5) is 0 Å². The van der Waals surface area contributed by atoms with E-state index in [-0.39, 0.29) is 5.41 Å². The molecule has 1 aromatic carbocycles. The molecule has 0 heterocycles. The quantitative estimate of drug-likeness (QED) is 0.750. The SMILES string of the molecule is C=Cc1ccc(C(CN)(CCC)CCC)cc1. The lowest BCUT2D eigenvalue weighted by Crippen LogP contribution is -2.35. The summed E-state index contributed by atoms with van der Waals surface area (Å²) >= 11 is 0. The van der Waals surface area contributed by atoms with Crippen molar-refractivity contribution in [2.45, 2.75) is 44.9 Å². The summed E-state index contributed by atoms with van der Waals surface area (Å²) in [7, 11) is 0. The summed E-state index contributed by atoms with van der Waals surface area (Å²) < 4.78 is 0. The summed E-state index contributed by atoms with van der Waals surface area (Å²) in [5.74, 6) is 0. The second kappa shape index (κ2) is 6.61. The zero-order valence-electron chi connectivity index (χ0n) is 11.2. The van der Waals surface area contributed by atoms with Crippen LogP contribution in [-0.2, 0) is 5.41 Å². The molecule has 0 unspecified atom stereocenters. The molecule has 0 saturated carbocycles. The van der Waals surface area contributed by atoms with E-state index in [2.05, 4.69) is 44.7 Å². The molecule has 0 atom stereocenters. The van der Waals surface area contributed by atoms with Crippen LogP contribution in [0.2, 0.25) is 0 Å². The van der Waals surface area contributed by atoms with Gasteiger partial charge in [-0.1, -0.05) is 63.6 Å². The van der Waals surface area contributed by atoms with Crippen LogP contribution in [0.3, 0.4) is 0 Å². The lowest BCUT2D eigenvalue weighted by Gasteiger charge is -2.33. The Morgan fingerprint density at radius 1 is 1.12 bits per heavy atom. The lowest BCUT2D eigenvalue weighted by atomic mass is 9.73. The van der Waals surface area contributed by atoms with Crippen molar-refractivity contribution in [1.29, 1.82) is 0 Å². The van der Waals surface area contributed by atoms with Gasteiger partial charge >= 0.3 is 0 Å². The molecule has 94 valence electrons. The maximum absolute atomic E-state index is 6.06. The fraction of sp³-hybridized carbons (Fsp3) is 0.500. The maximum atomic E-state index is 6.06. The summed E-state index contributed by atoms with van der Waals surface area (Å²) in [4.78, 5) is 0. The molecule has 0 spiro atoms. The van der Waals surface area contributed by atoms with Crippen molar-refractivity contribution >= 4 is 6.08 Å². The molecule has 0 aromatic heterocycles. The van der Waals surface area contributed by atoms with Crippen molar-refractivity contribution in [2.24, 2.45) is 5.73 Å². The van der Waals surface area contributed by atoms with Gasteiger partial charge in [-0.2, -0.15) is 0 Å². The Balaban J connectivity index is 3.05. The van der Waals surface area contributed by atoms with Crippen LogP contribution in [0.1, 0.15) is 50.7 Å². The molecule has 0 amide bonds. The van der Waals surface area contributed by atoms with E-state index in [1.807, 2.05) is 6.08 Å². The number of hydrogen-bond acceptors (Lipinski definition) is 1. The average molecular weight is 231 g/mol. The minimum atomic E-state index is 0.170. The van der Waals surface area contributed by atoms with Crippen LogP contribution in [0, 0.1) is 0 Å². The highest BCUT2D eigenvalue weighted by atomic mass is 14.6. The van der Waals surface area contributed by atoms with E-state index in [1.54, 1.807) is 0 Å². The Morgan fingerprint density at radius 2 is 1.65 bits per heavy atom. The summed E-state index contributed by atoms with van der Waals surface area (Å²) in [6, 6.07) is 8.71. The molecule has 1 aromatic rings. The van der Waals surface area contributed by atoms with Gasteiger partial charge < -0.3 is 5.73 Å². The van der Waals surface area contributed by atoms with E-state index in [0.717, 1.165) is 6.54 Å². The molecule has 0 aliphatic rings. The van der Waals surface area contributed by atoms with Gasteiger partial charge in [-0.15, -0.1) is 0 Å². The Morgan fingerprint density at radius 3 is 2.00 bits per heavy atom. The minimum absolute atomic E-state index is 0.170. The van der Waals surface area contributed by atoms with Crippen molar-refractivity contribution in [2.75, 3.05) is 6.54 Å². The van der Waals surface area contributed by atoms with Crippen molar-refractivity contribution < 1.29 is 0 Å². The van der Waals surface area contributed by atoms with Crippen molar-refractivity contribution in [3.63, 3.8) is 0 Å². The fourth-order valence-corrected chi connectivity index (χ4v) is 2.67. The van der Waals surface area contributed by atoms with Gasteiger partial charge in [0.2, 0.25) is 0 Å². The summed E-state index contributed by atoms with van der Waals surface area (Å²) in [6.07, 6.45) is 6.59. The first-order valence-electron chi connectivity index (χ1n) is 6.65. The summed E-state index contributed by atoms with van der Waals surface area (Å²) in [5.41, 5.74) is 8.79. The van der Waals surface area contributed by atoms with Crippen LogP contribution in [-0.4, -0.2) is 6.54 Å². The number of hydrogen-bond donors (Lipinski definition) is 1. The fourth-order valence-electron chi connectivity index (χ4n) is 2.67. The van der Waals surface area contributed by atoms with Crippen LogP contribution in [0.25, 0.3) is 6.08 Å². The smallest absolute Gasteiger partial charge is 0.00753 e. The third-order valence-electron chi connectivity index (χ3n) is 3.61. The molecule has 0 aliphatic carbocycles.